The van der Waals surface area contributed by atoms with E-state index in [1.807, 2.05) is 18.2 Å². The second-order valence-corrected chi connectivity index (χ2v) is 4.44. The van der Waals surface area contributed by atoms with E-state index in [9.17, 15) is 0 Å². The van der Waals surface area contributed by atoms with E-state index in [1.54, 1.807) is 6.20 Å². The molecule has 2 heterocycles. The van der Waals surface area contributed by atoms with Crippen LogP contribution in [0.15, 0.2) is 29.4 Å². The van der Waals surface area contributed by atoms with Gasteiger partial charge in [0, 0.05) is 12.8 Å². The van der Waals surface area contributed by atoms with Crippen molar-refractivity contribution in [3.63, 3.8) is 0 Å². The number of rotatable bonds is 3. The third-order valence-electron chi connectivity index (χ3n) is 2.81. The molecule has 0 bridgehead atoms. The molecule has 1 aromatic heterocycles. The van der Waals surface area contributed by atoms with Crippen molar-refractivity contribution in [1.82, 2.24) is 4.98 Å². The minimum atomic E-state index is -0.156. The lowest BCUT2D eigenvalue weighted by atomic mass is 10.0. The molecular weight excluding hydrogens is 216 g/mol. The molecule has 1 saturated heterocycles. The van der Waals surface area contributed by atoms with Gasteiger partial charge < -0.3 is 15.8 Å². The second-order valence-electron chi connectivity index (χ2n) is 4.44. The lowest BCUT2D eigenvalue weighted by Crippen LogP contribution is -2.31. The molecule has 3 N–H and O–H groups in total. The van der Waals surface area contributed by atoms with Crippen molar-refractivity contribution in [2.24, 2.45) is 10.7 Å². The Balaban J connectivity index is 1.89. The Bertz CT molecular complexity index is 385. The molecule has 1 fully saturated rings. The van der Waals surface area contributed by atoms with Crippen LogP contribution in [0.3, 0.4) is 0 Å². The summed E-state index contributed by atoms with van der Waals surface area (Å²) in [6.07, 6.45) is 3.84. The van der Waals surface area contributed by atoms with Crippen LogP contribution in [0.5, 0.6) is 0 Å². The summed E-state index contributed by atoms with van der Waals surface area (Å²) in [5.74, 6) is 1.08. The molecule has 0 radical (unpaired) electrons. The van der Waals surface area contributed by atoms with Crippen molar-refractivity contribution >= 4 is 11.8 Å². The fraction of sp³-hybridized carbons (Fsp3) is 0.500. The number of anilines is 1. The number of guanidine groups is 1. The summed E-state index contributed by atoms with van der Waals surface area (Å²) in [7, 11) is 0. The highest BCUT2D eigenvalue weighted by Crippen LogP contribution is 2.24. The molecule has 2 rings (SSSR count). The normalized spacial score (nSPS) is 24.9. The van der Waals surface area contributed by atoms with Crippen LogP contribution >= 0.6 is 0 Å². The van der Waals surface area contributed by atoms with E-state index in [2.05, 4.69) is 22.2 Å². The number of nitrogens with two attached hydrogens (primary N) is 1. The topological polar surface area (TPSA) is 72.5 Å². The molecule has 0 saturated carbocycles. The molecule has 17 heavy (non-hydrogen) atoms. The van der Waals surface area contributed by atoms with E-state index in [4.69, 9.17) is 10.5 Å². The molecule has 1 unspecified atom stereocenters. The summed E-state index contributed by atoms with van der Waals surface area (Å²) in [4.78, 5) is 8.40. The van der Waals surface area contributed by atoms with Gasteiger partial charge in [-0.2, -0.15) is 0 Å². The summed E-state index contributed by atoms with van der Waals surface area (Å²) in [5, 5.41) is 2.94. The van der Waals surface area contributed by atoms with Crippen LogP contribution in [0.4, 0.5) is 5.82 Å². The van der Waals surface area contributed by atoms with Gasteiger partial charge >= 0.3 is 0 Å². The lowest BCUT2D eigenvalue weighted by molar-refractivity contribution is 0.0284. The summed E-state index contributed by atoms with van der Waals surface area (Å²) in [6, 6.07) is 5.59. The van der Waals surface area contributed by atoms with E-state index < -0.39 is 0 Å². The Kier molecular flexibility index (Phi) is 3.58. The molecule has 1 aromatic rings. The van der Waals surface area contributed by atoms with Gasteiger partial charge in [0.05, 0.1) is 12.1 Å². The van der Waals surface area contributed by atoms with Crippen molar-refractivity contribution in [3.05, 3.63) is 24.4 Å². The first-order valence-corrected chi connectivity index (χ1v) is 5.80. The fourth-order valence-electron chi connectivity index (χ4n) is 1.82. The van der Waals surface area contributed by atoms with Gasteiger partial charge in [-0.05, 0) is 31.9 Å². The number of aliphatic imine (C=N–C) groups is 1. The SMILES string of the molecule is CC1(CN=C(N)Nc2ccccn2)CCCO1. The maximum Gasteiger partial charge on any atom is 0.194 e. The molecule has 5 heteroatoms. The fourth-order valence-corrected chi connectivity index (χ4v) is 1.82. The summed E-state index contributed by atoms with van der Waals surface area (Å²) >= 11 is 0. The predicted molar refractivity (Wildman–Crippen MR) is 67.9 cm³/mol. The second kappa shape index (κ2) is 5.14. The number of nitrogens with zero attached hydrogens (tertiary/aromatic N) is 2. The van der Waals surface area contributed by atoms with Gasteiger partial charge in [0.25, 0.3) is 0 Å². The van der Waals surface area contributed by atoms with E-state index in [-0.39, 0.29) is 5.60 Å². The van der Waals surface area contributed by atoms with Crippen LogP contribution in [0.1, 0.15) is 19.8 Å². The summed E-state index contributed by atoms with van der Waals surface area (Å²) < 4.78 is 5.64. The van der Waals surface area contributed by atoms with Crippen molar-refractivity contribution in [3.8, 4) is 0 Å². The largest absolute Gasteiger partial charge is 0.373 e. The van der Waals surface area contributed by atoms with Gasteiger partial charge in [-0.25, -0.2) is 4.98 Å². The average molecular weight is 234 g/mol. The molecule has 92 valence electrons. The van der Waals surface area contributed by atoms with Crippen LogP contribution < -0.4 is 11.1 Å². The van der Waals surface area contributed by atoms with Crippen molar-refractivity contribution in [2.45, 2.75) is 25.4 Å². The molecular formula is C12H18N4O. The highest BCUT2D eigenvalue weighted by Gasteiger charge is 2.29. The van der Waals surface area contributed by atoms with Gasteiger partial charge in [0.15, 0.2) is 5.96 Å². The van der Waals surface area contributed by atoms with Crippen LogP contribution in [-0.2, 0) is 4.74 Å². The predicted octanol–water partition coefficient (Wildman–Crippen LogP) is 1.38. The van der Waals surface area contributed by atoms with Gasteiger partial charge in [0.2, 0.25) is 0 Å². The van der Waals surface area contributed by atoms with Crippen LogP contribution in [-0.4, -0.2) is 29.7 Å². The Morgan fingerprint density at radius 1 is 1.65 bits per heavy atom. The molecule has 0 spiro atoms. The first-order chi connectivity index (χ1) is 8.18. The number of aromatic nitrogens is 1. The van der Waals surface area contributed by atoms with Gasteiger partial charge in [-0.1, -0.05) is 6.07 Å². The van der Waals surface area contributed by atoms with Crippen LogP contribution in [0.25, 0.3) is 0 Å². The number of nitrogens with one attached hydrogen (secondary N) is 1. The maximum absolute atomic E-state index is 5.79. The van der Waals surface area contributed by atoms with Gasteiger partial charge in [-0.3, -0.25) is 4.99 Å². The van der Waals surface area contributed by atoms with Crippen molar-refractivity contribution in [2.75, 3.05) is 18.5 Å². The first kappa shape index (κ1) is 11.9. The number of hydrogen-bond donors (Lipinski definition) is 2. The monoisotopic (exact) mass is 234 g/mol. The van der Waals surface area contributed by atoms with E-state index in [1.165, 1.54) is 0 Å². The van der Waals surface area contributed by atoms with E-state index >= 15 is 0 Å². The average Bonchev–Trinajstić information content (AvgIpc) is 2.76. The number of pyridine rings is 1. The zero-order valence-corrected chi connectivity index (χ0v) is 10.0. The van der Waals surface area contributed by atoms with Gasteiger partial charge in [-0.15, -0.1) is 0 Å². The Labute approximate surface area is 101 Å². The molecule has 1 aliphatic heterocycles. The van der Waals surface area contributed by atoms with Gasteiger partial charge in [0.1, 0.15) is 5.82 Å². The van der Waals surface area contributed by atoms with Crippen molar-refractivity contribution in [1.29, 1.82) is 0 Å². The number of hydrogen-bond acceptors (Lipinski definition) is 3. The van der Waals surface area contributed by atoms with E-state index in [0.717, 1.165) is 19.4 Å². The molecule has 1 aliphatic rings. The van der Waals surface area contributed by atoms with Crippen molar-refractivity contribution < 1.29 is 4.74 Å². The third kappa shape index (κ3) is 3.42. The zero-order chi connectivity index (χ0) is 12.1. The Hall–Kier alpha value is -1.62. The van der Waals surface area contributed by atoms with E-state index in [0.29, 0.717) is 18.3 Å². The Morgan fingerprint density at radius 3 is 3.18 bits per heavy atom. The minimum Gasteiger partial charge on any atom is -0.373 e. The molecule has 1 atom stereocenters. The molecule has 0 aromatic carbocycles. The lowest BCUT2D eigenvalue weighted by Gasteiger charge is -2.20. The maximum atomic E-state index is 5.79. The first-order valence-electron chi connectivity index (χ1n) is 5.80. The molecule has 0 aliphatic carbocycles. The molecule has 5 nitrogen and oxygen atoms in total. The van der Waals surface area contributed by atoms with Crippen LogP contribution in [0, 0.1) is 0 Å². The summed E-state index contributed by atoms with van der Waals surface area (Å²) in [5.41, 5.74) is 5.63. The highest BCUT2D eigenvalue weighted by molar-refractivity contribution is 5.91. The highest BCUT2D eigenvalue weighted by atomic mass is 16.5. The standard InChI is InChI=1S/C12H18N4O/c1-12(6-4-8-17-12)9-15-11(13)16-10-5-2-3-7-14-10/h2-3,5,7H,4,6,8-9H2,1H3,(H3,13,14,15,16). The van der Waals surface area contributed by atoms with Crippen LogP contribution in [0.2, 0.25) is 0 Å². The minimum absolute atomic E-state index is 0.156. The Morgan fingerprint density at radius 2 is 2.53 bits per heavy atom. The number of ether oxygens (including phenoxy) is 1. The zero-order valence-electron chi connectivity index (χ0n) is 10.0. The third-order valence-corrected chi connectivity index (χ3v) is 2.81. The molecule has 0 amide bonds. The smallest absolute Gasteiger partial charge is 0.194 e. The quantitative estimate of drug-likeness (QED) is 0.612. The summed E-state index contributed by atoms with van der Waals surface area (Å²) in [6.45, 7) is 3.47.